The number of hydrogen-bond donors (Lipinski definition) is 2. The second kappa shape index (κ2) is 5.63. The smallest absolute Gasteiger partial charge is 0.158 e. The maximum atomic E-state index is 9.55. The Morgan fingerprint density at radius 2 is 1.71 bits per heavy atom. The predicted octanol–water partition coefficient (Wildman–Crippen LogP) is 0.775. The quantitative estimate of drug-likeness (QED) is 0.753. The standard InChI is InChI=1S/C12H22O5/c1-7-9(13)3-6-12(16-7)17-10-4-5-11(14)15-8(10)2/h7-14H,3-6H2,1-2H3/t7-,8-,9-,10-,11-,12-/m0/s1. The zero-order valence-corrected chi connectivity index (χ0v) is 10.4. The van der Waals surface area contributed by atoms with E-state index in [9.17, 15) is 10.2 Å². The molecule has 5 heteroatoms. The van der Waals surface area contributed by atoms with Gasteiger partial charge < -0.3 is 24.4 Å². The molecule has 5 nitrogen and oxygen atoms in total. The number of ether oxygens (including phenoxy) is 3. The van der Waals surface area contributed by atoms with Gasteiger partial charge in [-0.15, -0.1) is 0 Å². The number of hydrogen-bond acceptors (Lipinski definition) is 5. The summed E-state index contributed by atoms with van der Waals surface area (Å²) in [6.07, 6.45) is 1.12. The first-order valence-electron chi connectivity index (χ1n) is 6.38. The molecule has 0 aromatic carbocycles. The molecule has 0 aromatic rings. The Morgan fingerprint density at radius 3 is 2.35 bits per heavy atom. The van der Waals surface area contributed by atoms with Crippen molar-refractivity contribution in [2.75, 3.05) is 0 Å². The van der Waals surface area contributed by atoms with Crippen molar-refractivity contribution < 1.29 is 24.4 Å². The summed E-state index contributed by atoms with van der Waals surface area (Å²) in [5.74, 6) is 0. The summed E-state index contributed by atoms with van der Waals surface area (Å²) in [5.41, 5.74) is 0. The van der Waals surface area contributed by atoms with Crippen LogP contribution in [-0.4, -0.2) is 47.2 Å². The van der Waals surface area contributed by atoms with Crippen molar-refractivity contribution in [1.82, 2.24) is 0 Å². The maximum absolute atomic E-state index is 9.55. The molecule has 0 amide bonds. The van der Waals surface area contributed by atoms with E-state index in [4.69, 9.17) is 14.2 Å². The Labute approximate surface area is 102 Å². The van der Waals surface area contributed by atoms with E-state index in [1.807, 2.05) is 13.8 Å². The molecular formula is C12H22O5. The Bertz CT molecular complexity index is 247. The van der Waals surface area contributed by atoms with Crippen LogP contribution in [0.5, 0.6) is 0 Å². The second-order valence-electron chi connectivity index (χ2n) is 4.96. The largest absolute Gasteiger partial charge is 0.390 e. The molecule has 17 heavy (non-hydrogen) atoms. The van der Waals surface area contributed by atoms with Crippen molar-refractivity contribution >= 4 is 0 Å². The summed E-state index contributed by atoms with van der Waals surface area (Å²) in [6, 6.07) is 0. The Kier molecular flexibility index (Phi) is 4.38. The number of aliphatic hydroxyl groups is 2. The molecule has 0 bridgehead atoms. The molecule has 0 radical (unpaired) electrons. The van der Waals surface area contributed by atoms with Gasteiger partial charge in [0.25, 0.3) is 0 Å². The van der Waals surface area contributed by atoms with E-state index in [-0.39, 0.29) is 24.6 Å². The molecule has 0 aromatic heterocycles. The van der Waals surface area contributed by atoms with E-state index in [2.05, 4.69) is 0 Å². The molecule has 0 saturated carbocycles. The molecule has 2 N–H and O–H groups in total. The zero-order valence-electron chi connectivity index (χ0n) is 10.4. The summed E-state index contributed by atoms with van der Waals surface area (Å²) in [4.78, 5) is 0. The van der Waals surface area contributed by atoms with Gasteiger partial charge in [-0.05, 0) is 26.7 Å². The van der Waals surface area contributed by atoms with Gasteiger partial charge in [0.2, 0.25) is 0 Å². The summed E-state index contributed by atoms with van der Waals surface area (Å²) >= 11 is 0. The fourth-order valence-corrected chi connectivity index (χ4v) is 2.36. The third kappa shape index (κ3) is 3.39. The Hall–Kier alpha value is -0.200. The van der Waals surface area contributed by atoms with Crippen LogP contribution < -0.4 is 0 Å². The van der Waals surface area contributed by atoms with Crippen LogP contribution in [0.3, 0.4) is 0 Å². The molecule has 100 valence electrons. The first-order valence-corrected chi connectivity index (χ1v) is 6.38. The Morgan fingerprint density at radius 1 is 0.941 bits per heavy atom. The van der Waals surface area contributed by atoms with Crippen molar-refractivity contribution in [2.24, 2.45) is 0 Å². The van der Waals surface area contributed by atoms with Gasteiger partial charge in [0, 0.05) is 12.8 Å². The molecule has 0 aliphatic carbocycles. The highest BCUT2D eigenvalue weighted by Crippen LogP contribution is 2.26. The molecule has 2 aliphatic rings. The maximum Gasteiger partial charge on any atom is 0.158 e. The van der Waals surface area contributed by atoms with Gasteiger partial charge in [0.1, 0.15) is 0 Å². The van der Waals surface area contributed by atoms with Crippen LogP contribution in [0.4, 0.5) is 0 Å². The monoisotopic (exact) mass is 246 g/mol. The van der Waals surface area contributed by atoms with E-state index >= 15 is 0 Å². The van der Waals surface area contributed by atoms with Gasteiger partial charge in [-0.2, -0.15) is 0 Å². The molecule has 6 atom stereocenters. The molecule has 2 heterocycles. The minimum atomic E-state index is -0.669. The third-order valence-corrected chi connectivity index (χ3v) is 3.53. The van der Waals surface area contributed by atoms with E-state index in [0.717, 1.165) is 6.42 Å². The van der Waals surface area contributed by atoms with E-state index < -0.39 is 12.4 Å². The fourth-order valence-electron chi connectivity index (χ4n) is 2.36. The van der Waals surface area contributed by atoms with Crippen LogP contribution in [0.2, 0.25) is 0 Å². The SMILES string of the molecule is C[C@@H]1O[C@H](O)CC[C@@H]1O[C@H]1CC[C@H](O)[C@H](C)O1. The van der Waals surface area contributed by atoms with E-state index in [0.29, 0.717) is 19.3 Å². The van der Waals surface area contributed by atoms with Crippen LogP contribution >= 0.6 is 0 Å². The van der Waals surface area contributed by atoms with Crippen molar-refractivity contribution in [1.29, 1.82) is 0 Å². The lowest BCUT2D eigenvalue weighted by Gasteiger charge is -2.38. The Balaban J connectivity index is 1.81. The summed E-state index contributed by atoms with van der Waals surface area (Å²) in [6.45, 7) is 3.75. The van der Waals surface area contributed by atoms with Crippen molar-refractivity contribution in [3.8, 4) is 0 Å². The molecule has 2 saturated heterocycles. The predicted molar refractivity (Wildman–Crippen MR) is 60.2 cm³/mol. The van der Waals surface area contributed by atoms with Crippen LogP contribution in [0.1, 0.15) is 39.5 Å². The lowest BCUT2D eigenvalue weighted by molar-refractivity contribution is -0.274. The molecule has 2 aliphatic heterocycles. The molecule has 2 rings (SSSR count). The highest BCUT2D eigenvalue weighted by molar-refractivity contribution is 4.76. The van der Waals surface area contributed by atoms with Crippen LogP contribution in [0.25, 0.3) is 0 Å². The van der Waals surface area contributed by atoms with Crippen molar-refractivity contribution in [2.45, 2.75) is 76.5 Å². The first kappa shape index (κ1) is 13.2. The van der Waals surface area contributed by atoms with Crippen molar-refractivity contribution in [3.05, 3.63) is 0 Å². The molecule has 2 fully saturated rings. The summed E-state index contributed by atoms with van der Waals surface area (Å²) < 4.78 is 16.7. The highest BCUT2D eigenvalue weighted by Gasteiger charge is 2.33. The van der Waals surface area contributed by atoms with Gasteiger partial charge >= 0.3 is 0 Å². The second-order valence-corrected chi connectivity index (χ2v) is 4.96. The highest BCUT2D eigenvalue weighted by atomic mass is 16.7. The van der Waals surface area contributed by atoms with Gasteiger partial charge in [0.15, 0.2) is 12.6 Å². The van der Waals surface area contributed by atoms with E-state index in [1.165, 1.54) is 0 Å². The van der Waals surface area contributed by atoms with Gasteiger partial charge in [0.05, 0.1) is 24.4 Å². The topological polar surface area (TPSA) is 68.2 Å². The third-order valence-electron chi connectivity index (χ3n) is 3.53. The summed E-state index contributed by atoms with van der Waals surface area (Å²) in [7, 11) is 0. The number of aliphatic hydroxyl groups excluding tert-OH is 2. The normalized spacial score (nSPS) is 48.0. The molecular weight excluding hydrogens is 224 g/mol. The lowest BCUT2D eigenvalue weighted by atomic mass is 10.0. The van der Waals surface area contributed by atoms with Gasteiger partial charge in [-0.25, -0.2) is 0 Å². The molecule has 0 unspecified atom stereocenters. The van der Waals surface area contributed by atoms with E-state index in [1.54, 1.807) is 0 Å². The average Bonchev–Trinajstić information content (AvgIpc) is 2.27. The number of rotatable bonds is 2. The van der Waals surface area contributed by atoms with Crippen LogP contribution in [-0.2, 0) is 14.2 Å². The summed E-state index contributed by atoms with van der Waals surface area (Å²) in [5, 5.41) is 18.9. The van der Waals surface area contributed by atoms with Gasteiger partial charge in [-0.1, -0.05) is 0 Å². The minimum absolute atomic E-state index is 0.0363. The fraction of sp³-hybridized carbons (Fsp3) is 1.00. The first-order chi connectivity index (χ1) is 8.06. The molecule has 0 spiro atoms. The van der Waals surface area contributed by atoms with Gasteiger partial charge in [-0.3, -0.25) is 0 Å². The minimum Gasteiger partial charge on any atom is -0.390 e. The average molecular weight is 246 g/mol. The van der Waals surface area contributed by atoms with Crippen LogP contribution in [0.15, 0.2) is 0 Å². The zero-order chi connectivity index (χ0) is 12.4. The lowest BCUT2D eigenvalue weighted by Crippen LogP contribution is -2.44. The van der Waals surface area contributed by atoms with Crippen LogP contribution in [0, 0.1) is 0 Å². The van der Waals surface area contributed by atoms with Crippen molar-refractivity contribution in [3.63, 3.8) is 0 Å².